The van der Waals surface area contributed by atoms with E-state index in [4.69, 9.17) is 4.74 Å². The highest BCUT2D eigenvalue weighted by atomic mass is 16.5. The predicted molar refractivity (Wildman–Crippen MR) is 104 cm³/mol. The highest BCUT2D eigenvalue weighted by molar-refractivity contribution is 4.96. The van der Waals surface area contributed by atoms with Crippen LogP contribution in [0.25, 0.3) is 0 Å². The molecule has 0 radical (unpaired) electrons. The van der Waals surface area contributed by atoms with Crippen molar-refractivity contribution in [2.45, 2.75) is 89.4 Å². The van der Waals surface area contributed by atoms with Gasteiger partial charge in [0.25, 0.3) is 0 Å². The number of ether oxygens (including phenoxy) is 1. The molecule has 0 amide bonds. The summed E-state index contributed by atoms with van der Waals surface area (Å²) in [5, 5.41) is 12.8. The van der Waals surface area contributed by atoms with Crippen LogP contribution in [0.5, 0.6) is 0 Å². The van der Waals surface area contributed by atoms with E-state index < -0.39 is 0 Å². The van der Waals surface area contributed by atoms with Crippen molar-refractivity contribution in [1.29, 1.82) is 0 Å². The van der Waals surface area contributed by atoms with Crippen LogP contribution in [0.2, 0.25) is 0 Å². The average molecular weight is 377 g/mol. The van der Waals surface area contributed by atoms with Crippen molar-refractivity contribution in [3.63, 3.8) is 0 Å². The fourth-order valence-electron chi connectivity index (χ4n) is 5.12. The lowest BCUT2D eigenvalue weighted by molar-refractivity contribution is 0.0585. The van der Waals surface area contributed by atoms with Crippen molar-refractivity contribution in [2.24, 2.45) is 0 Å². The number of rotatable bonds is 8. The van der Waals surface area contributed by atoms with E-state index in [1.165, 1.54) is 51.6 Å². The third kappa shape index (κ3) is 4.69. The van der Waals surface area contributed by atoms with E-state index in [0.29, 0.717) is 6.04 Å². The van der Waals surface area contributed by atoms with Gasteiger partial charge in [-0.1, -0.05) is 32.6 Å². The molecule has 27 heavy (non-hydrogen) atoms. The van der Waals surface area contributed by atoms with Crippen molar-refractivity contribution >= 4 is 0 Å². The number of aromatic nitrogens is 4. The highest BCUT2D eigenvalue weighted by Crippen LogP contribution is 2.29. The molecule has 1 aliphatic carbocycles. The third-order valence-electron chi connectivity index (χ3n) is 6.72. The quantitative estimate of drug-likeness (QED) is 0.695. The molecule has 3 fully saturated rings. The van der Waals surface area contributed by atoms with Gasteiger partial charge in [-0.25, -0.2) is 4.68 Å². The second kappa shape index (κ2) is 9.43. The van der Waals surface area contributed by atoms with Crippen LogP contribution in [0.3, 0.4) is 0 Å². The second-order valence-corrected chi connectivity index (χ2v) is 8.52. The Balaban J connectivity index is 1.41. The van der Waals surface area contributed by atoms with Gasteiger partial charge in [-0.15, -0.1) is 5.10 Å². The molecule has 7 nitrogen and oxygen atoms in total. The first kappa shape index (κ1) is 19.3. The van der Waals surface area contributed by atoms with Gasteiger partial charge in [0.05, 0.1) is 18.7 Å². The van der Waals surface area contributed by atoms with E-state index in [1.54, 1.807) is 0 Å². The molecule has 1 aromatic rings. The van der Waals surface area contributed by atoms with Gasteiger partial charge in [0.1, 0.15) is 0 Å². The third-order valence-corrected chi connectivity index (χ3v) is 6.72. The zero-order valence-corrected chi connectivity index (χ0v) is 16.9. The Bertz CT molecular complexity index is 559. The zero-order valence-electron chi connectivity index (χ0n) is 16.9. The van der Waals surface area contributed by atoms with Gasteiger partial charge in [-0.2, -0.15) is 0 Å². The van der Waals surface area contributed by atoms with Crippen LogP contribution in [-0.4, -0.2) is 74.9 Å². The Morgan fingerprint density at radius 2 is 1.89 bits per heavy atom. The summed E-state index contributed by atoms with van der Waals surface area (Å²) in [6.45, 7) is 8.61. The smallest absolute Gasteiger partial charge is 0.168 e. The van der Waals surface area contributed by atoms with Crippen molar-refractivity contribution in [3.05, 3.63) is 5.82 Å². The van der Waals surface area contributed by atoms with Crippen molar-refractivity contribution in [3.8, 4) is 0 Å². The summed E-state index contributed by atoms with van der Waals surface area (Å²) in [5.74, 6) is 1.05. The standard InChI is InChI=1S/C20H36N6O/c1-2-3-10-19(20-21-22-23-26(20)16-18-9-6-15-27-18)25-13-11-24(12-14-25)17-7-4-5-8-17/h17-19H,2-16H2,1H3. The molecule has 0 N–H and O–H groups in total. The first-order chi connectivity index (χ1) is 13.3. The Kier molecular flexibility index (Phi) is 6.73. The summed E-state index contributed by atoms with van der Waals surface area (Å²) in [7, 11) is 0. The van der Waals surface area contributed by atoms with Crippen LogP contribution in [0.15, 0.2) is 0 Å². The molecule has 2 saturated heterocycles. The predicted octanol–water partition coefficient (Wildman–Crippen LogP) is 2.64. The van der Waals surface area contributed by atoms with Gasteiger partial charge in [0, 0.05) is 38.8 Å². The van der Waals surface area contributed by atoms with E-state index >= 15 is 0 Å². The zero-order chi connectivity index (χ0) is 18.5. The van der Waals surface area contributed by atoms with E-state index in [2.05, 4.69) is 32.2 Å². The Morgan fingerprint density at radius 3 is 2.59 bits per heavy atom. The summed E-state index contributed by atoms with van der Waals surface area (Å²) >= 11 is 0. The summed E-state index contributed by atoms with van der Waals surface area (Å²) in [6, 6.07) is 1.18. The first-order valence-electron chi connectivity index (χ1n) is 11.2. The molecule has 1 aromatic heterocycles. The molecule has 0 spiro atoms. The van der Waals surface area contributed by atoms with Gasteiger partial charge in [0.2, 0.25) is 0 Å². The Hall–Kier alpha value is -1.05. The second-order valence-electron chi connectivity index (χ2n) is 8.52. The molecule has 2 unspecified atom stereocenters. The van der Waals surface area contributed by atoms with Crippen molar-refractivity contribution < 1.29 is 4.74 Å². The summed E-state index contributed by atoms with van der Waals surface area (Å²) in [6.07, 6.45) is 11.8. The normalized spacial score (nSPS) is 26.8. The molecule has 152 valence electrons. The SMILES string of the molecule is CCCCC(c1nnnn1CC1CCCO1)N1CCN(C2CCCC2)CC1. The minimum absolute atomic E-state index is 0.276. The van der Waals surface area contributed by atoms with Crippen LogP contribution in [-0.2, 0) is 11.3 Å². The van der Waals surface area contributed by atoms with Gasteiger partial charge in [-0.05, 0) is 42.5 Å². The van der Waals surface area contributed by atoms with Crippen LogP contribution in [0.1, 0.15) is 76.6 Å². The number of tetrazole rings is 1. The molecule has 1 saturated carbocycles. The maximum absolute atomic E-state index is 5.82. The molecule has 4 rings (SSSR count). The molecule has 0 aromatic carbocycles. The lowest BCUT2D eigenvalue weighted by Gasteiger charge is -2.41. The van der Waals surface area contributed by atoms with E-state index in [1.807, 2.05) is 4.68 Å². The van der Waals surface area contributed by atoms with Gasteiger partial charge >= 0.3 is 0 Å². The minimum atomic E-state index is 0.276. The average Bonchev–Trinajstić information content (AvgIpc) is 3.47. The lowest BCUT2D eigenvalue weighted by atomic mass is 10.1. The summed E-state index contributed by atoms with van der Waals surface area (Å²) < 4.78 is 7.85. The number of piperazine rings is 1. The lowest BCUT2D eigenvalue weighted by Crippen LogP contribution is -2.50. The maximum Gasteiger partial charge on any atom is 0.168 e. The van der Waals surface area contributed by atoms with E-state index in [9.17, 15) is 0 Å². The molecule has 3 aliphatic rings. The van der Waals surface area contributed by atoms with Crippen LogP contribution < -0.4 is 0 Å². The van der Waals surface area contributed by atoms with Gasteiger partial charge in [-0.3, -0.25) is 9.80 Å². The molecular weight excluding hydrogens is 340 g/mol. The molecule has 7 heteroatoms. The topological polar surface area (TPSA) is 59.3 Å². The number of hydrogen-bond acceptors (Lipinski definition) is 6. The summed E-state index contributed by atoms with van der Waals surface area (Å²) in [4.78, 5) is 5.37. The van der Waals surface area contributed by atoms with E-state index in [-0.39, 0.29) is 6.10 Å². The number of unbranched alkanes of at least 4 members (excludes halogenated alkanes) is 1. The first-order valence-corrected chi connectivity index (χ1v) is 11.2. The number of nitrogens with zero attached hydrogens (tertiary/aromatic N) is 6. The fraction of sp³-hybridized carbons (Fsp3) is 0.950. The van der Waals surface area contributed by atoms with Crippen LogP contribution in [0, 0.1) is 0 Å². The van der Waals surface area contributed by atoms with E-state index in [0.717, 1.165) is 57.4 Å². The largest absolute Gasteiger partial charge is 0.376 e. The maximum atomic E-state index is 5.82. The summed E-state index contributed by atoms with van der Waals surface area (Å²) in [5.41, 5.74) is 0. The molecule has 2 aliphatic heterocycles. The molecule has 2 atom stereocenters. The minimum Gasteiger partial charge on any atom is -0.376 e. The molecular formula is C20H36N6O. The fourth-order valence-corrected chi connectivity index (χ4v) is 5.12. The van der Waals surface area contributed by atoms with Gasteiger partial charge in [0.15, 0.2) is 5.82 Å². The van der Waals surface area contributed by atoms with Crippen molar-refractivity contribution in [2.75, 3.05) is 32.8 Å². The Morgan fingerprint density at radius 1 is 1.07 bits per heavy atom. The molecule has 3 heterocycles. The van der Waals surface area contributed by atoms with Gasteiger partial charge < -0.3 is 4.74 Å². The molecule has 0 bridgehead atoms. The van der Waals surface area contributed by atoms with Crippen LogP contribution in [0.4, 0.5) is 0 Å². The van der Waals surface area contributed by atoms with Crippen LogP contribution >= 0.6 is 0 Å². The van der Waals surface area contributed by atoms with Crippen molar-refractivity contribution in [1.82, 2.24) is 30.0 Å². The Labute approximate surface area is 163 Å². The highest BCUT2D eigenvalue weighted by Gasteiger charge is 2.32. The number of hydrogen-bond donors (Lipinski definition) is 0. The monoisotopic (exact) mass is 376 g/mol.